The second-order valence-electron chi connectivity index (χ2n) is 7.86. The van der Waals surface area contributed by atoms with Crippen molar-refractivity contribution in [2.45, 2.75) is 11.8 Å². The molecule has 0 fully saturated rings. The van der Waals surface area contributed by atoms with Gasteiger partial charge in [0.1, 0.15) is 11.5 Å². The molecule has 6 nitrogen and oxygen atoms in total. The van der Waals surface area contributed by atoms with E-state index in [2.05, 4.69) is 9.71 Å². The summed E-state index contributed by atoms with van der Waals surface area (Å²) >= 11 is 1.26. The zero-order valence-corrected chi connectivity index (χ0v) is 19.7. The third-order valence-electron chi connectivity index (χ3n) is 5.45. The van der Waals surface area contributed by atoms with Crippen LogP contribution in [0.25, 0.3) is 33.0 Å². The van der Waals surface area contributed by atoms with E-state index < -0.39 is 10.0 Å². The van der Waals surface area contributed by atoms with Crippen molar-refractivity contribution in [1.82, 2.24) is 4.98 Å². The SMILES string of the molecule is Cc1cnc(NS(=O)(=O)c2cccc(-c3c(O)ccc4cc(-c5cccc(O)c5)ccc34)c2)s1. The smallest absolute Gasteiger partial charge is 0.263 e. The number of hydrogen-bond acceptors (Lipinski definition) is 6. The lowest BCUT2D eigenvalue weighted by molar-refractivity contribution is 0.475. The Balaban J connectivity index is 1.58. The first kappa shape index (κ1) is 21.9. The molecule has 0 radical (unpaired) electrons. The van der Waals surface area contributed by atoms with E-state index in [9.17, 15) is 18.6 Å². The molecule has 0 bridgehead atoms. The molecular weight excluding hydrogens is 468 g/mol. The van der Waals surface area contributed by atoms with E-state index in [1.807, 2.05) is 37.3 Å². The van der Waals surface area contributed by atoms with Gasteiger partial charge in [0, 0.05) is 16.6 Å². The van der Waals surface area contributed by atoms with E-state index in [0.717, 1.165) is 26.8 Å². The van der Waals surface area contributed by atoms with Gasteiger partial charge >= 0.3 is 0 Å². The lowest BCUT2D eigenvalue weighted by atomic mass is 9.94. The number of phenols is 2. The third-order valence-corrected chi connectivity index (χ3v) is 7.75. The highest BCUT2D eigenvalue weighted by Gasteiger charge is 2.18. The summed E-state index contributed by atoms with van der Waals surface area (Å²) in [5.41, 5.74) is 2.90. The maximum atomic E-state index is 12.9. The molecule has 1 heterocycles. The number of anilines is 1. The summed E-state index contributed by atoms with van der Waals surface area (Å²) < 4.78 is 28.4. The zero-order chi connectivity index (χ0) is 23.9. The quantitative estimate of drug-likeness (QED) is 0.275. The summed E-state index contributed by atoms with van der Waals surface area (Å²) in [4.78, 5) is 5.05. The van der Waals surface area contributed by atoms with Gasteiger partial charge in [-0.25, -0.2) is 13.4 Å². The van der Waals surface area contributed by atoms with Crippen LogP contribution in [0.15, 0.2) is 90.0 Å². The van der Waals surface area contributed by atoms with Crippen molar-refractivity contribution in [2.24, 2.45) is 0 Å². The van der Waals surface area contributed by atoms with Crippen molar-refractivity contribution in [3.63, 3.8) is 0 Å². The van der Waals surface area contributed by atoms with Crippen LogP contribution in [0, 0.1) is 6.92 Å². The van der Waals surface area contributed by atoms with E-state index in [4.69, 9.17) is 0 Å². The predicted molar refractivity (Wildman–Crippen MR) is 136 cm³/mol. The molecule has 0 saturated heterocycles. The Hall–Kier alpha value is -3.88. The number of thiazole rings is 1. The fraction of sp³-hybridized carbons (Fsp3) is 0.0385. The monoisotopic (exact) mass is 488 g/mol. The molecule has 0 atom stereocenters. The zero-order valence-electron chi connectivity index (χ0n) is 18.1. The molecule has 0 spiro atoms. The number of aryl methyl sites for hydroxylation is 1. The number of fused-ring (bicyclic) bond motifs is 1. The van der Waals surface area contributed by atoms with Gasteiger partial charge in [-0.1, -0.05) is 42.5 Å². The second-order valence-corrected chi connectivity index (χ2v) is 10.8. The summed E-state index contributed by atoms with van der Waals surface area (Å²) in [5.74, 6) is 0.235. The van der Waals surface area contributed by atoms with Crippen LogP contribution >= 0.6 is 11.3 Å². The number of aromatic nitrogens is 1. The Morgan fingerprint density at radius 3 is 2.38 bits per heavy atom. The van der Waals surface area contributed by atoms with Gasteiger partial charge in [-0.15, -0.1) is 11.3 Å². The van der Waals surface area contributed by atoms with Gasteiger partial charge in [0.25, 0.3) is 10.0 Å². The summed E-state index contributed by atoms with van der Waals surface area (Å²) in [6, 6.07) is 22.6. The molecule has 5 rings (SSSR count). The van der Waals surface area contributed by atoms with Crippen LogP contribution in [0.4, 0.5) is 5.13 Å². The van der Waals surface area contributed by atoms with Crippen LogP contribution in [0.5, 0.6) is 11.5 Å². The molecule has 0 saturated carbocycles. The third kappa shape index (κ3) is 4.21. The molecule has 34 heavy (non-hydrogen) atoms. The molecule has 0 aliphatic rings. The molecule has 170 valence electrons. The Morgan fingerprint density at radius 1 is 0.853 bits per heavy atom. The predicted octanol–water partition coefficient (Wildman–Crippen LogP) is 6.15. The Kier molecular flexibility index (Phi) is 5.47. The number of phenolic OH excluding ortho intramolecular Hbond substituents is 2. The van der Waals surface area contributed by atoms with E-state index in [1.54, 1.807) is 48.7 Å². The maximum Gasteiger partial charge on any atom is 0.263 e. The van der Waals surface area contributed by atoms with Crippen molar-refractivity contribution >= 4 is 37.3 Å². The molecule has 0 aliphatic carbocycles. The number of sulfonamides is 1. The first-order chi connectivity index (χ1) is 16.3. The lowest BCUT2D eigenvalue weighted by Gasteiger charge is -2.13. The highest BCUT2D eigenvalue weighted by molar-refractivity contribution is 7.93. The van der Waals surface area contributed by atoms with Crippen molar-refractivity contribution in [3.05, 3.63) is 89.9 Å². The average molecular weight is 489 g/mol. The normalized spacial score (nSPS) is 11.6. The second kappa shape index (κ2) is 8.48. The summed E-state index contributed by atoms with van der Waals surface area (Å²) in [7, 11) is -3.85. The van der Waals surface area contributed by atoms with E-state index >= 15 is 0 Å². The Morgan fingerprint density at radius 2 is 1.62 bits per heavy atom. The van der Waals surface area contributed by atoms with Crippen LogP contribution in [-0.2, 0) is 10.0 Å². The van der Waals surface area contributed by atoms with Crippen LogP contribution in [-0.4, -0.2) is 23.6 Å². The van der Waals surface area contributed by atoms with Crippen LogP contribution in [0.3, 0.4) is 0 Å². The van der Waals surface area contributed by atoms with Crippen molar-refractivity contribution in [3.8, 4) is 33.8 Å². The molecule has 0 amide bonds. The number of hydrogen-bond donors (Lipinski definition) is 3. The number of aromatic hydroxyl groups is 2. The highest BCUT2D eigenvalue weighted by Crippen LogP contribution is 2.39. The minimum atomic E-state index is -3.85. The van der Waals surface area contributed by atoms with Crippen LogP contribution < -0.4 is 4.72 Å². The number of benzene rings is 4. The van der Waals surface area contributed by atoms with Gasteiger partial charge in [0.15, 0.2) is 5.13 Å². The van der Waals surface area contributed by atoms with Crippen LogP contribution in [0.2, 0.25) is 0 Å². The molecule has 3 N–H and O–H groups in total. The van der Waals surface area contributed by atoms with Crippen molar-refractivity contribution in [2.75, 3.05) is 4.72 Å². The number of nitrogens with zero attached hydrogens (tertiary/aromatic N) is 1. The fourth-order valence-electron chi connectivity index (χ4n) is 3.88. The van der Waals surface area contributed by atoms with E-state index in [0.29, 0.717) is 16.3 Å². The minimum absolute atomic E-state index is 0.0515. The standard InChI is InChI=1S/C26H20N2O4S2/c1-16-15-27-26(33-16)28-34(31,32)22-7-3-5-20(14-22)25-23-10-8-18(12-19(23)9-11-24(25)30)17-4-2-6-21(29)13-17/h2-15,29-30H,1H3,(H,27,28). The minimum Gasteiger partial charge on any atom is -0.508 e. The summed E-state index contributed by atoms with van der Waals surface area (Å²) in [6.45, 7) is 1.85. The number of rotatable bonds is 5. The molecule has 8 heteroatoms. The summed E-state index contributed by atoms with van der Waals surface area (Å²) in [5, 5.41) is 22.5. The molecule has 1 aromatic heterocycles. The van der Waals surface area contributed by atoms with Crippen molar-refractivity contribution in [1.29, 1.82) is 0 Å². The van der Waals surface area contributed by atoms with Crippen molar-refractivity contribution < 1.29 is 18.6 Å². The fourth-order valence-corrected chi connectivity index (χ4v) is 5.83. The number of nitrogens with one attached hydrogen (secondary N) is 1. The van der Waals surface area contributed by atoms with Gasteiger partial charge in [-0.3, -0.25) is 4.72 Å². The van der Waals surface area contributed by atoms with Gasteiger partial charge in [0.2, 0.25) is 0 Å². The Labute approximate surface area is 200 Å². The van der Waals surface area contributed by atoms with Gasteiger partial charge in [-0.2, -0.15) is 0 Å². The van der Waals surface area contributed by atoms with E-state index in [-0.39, 0.29) is 16.4 Å². The molecule has 0 aliphatic heterocycles. The van der Waals surface area contributed by atoms with E-state index in [1.165, 1.54) is 17.4 Å². The van der Waals surface area contributed by atoms with Gasteiger partial charge in [0.05, 0.1) is 4.90 Å². The van der Waals surface area contributed by atoms with Gasteiger partial charge < -0.3 is 10.2 Å². The van der Waals surface area contributed by atoms with Crippen LogP contribution in [0.1, 0.15) is 4.88 Å². The Bertz CT molecular complexity index is 1640. The first-order valence-corrected chi connectivity index (χ1v) is 12.7. The highest BCUT2D eigenvalue weighted by atomic mass is 32.2. The molecular formula is C26H20N2O4S2. The summed E-state index contributed by atoms with van der Waals surface area (Å²) in [6.07, 6.45) is 1.61. The first-order valence-electron chi connectivity index (χ1n) is 10.4. The maximum absolute atomic E-state index is 12.9. The van der Waals surface area contributed by atoms with Gasteiger partial charge in [-0.05, 0) is 70.8 Å². The molecule has 4 aromatic carbocycles. The topological polar surface area (TPSA) is 99.5 Å². The largest absolute Gasteiger partial charge is 0.508 e. The lowest BCUT2D eigenvalue weighted by Crippen LogP contribution is -2.12. The average Bonchev–Trinajstić information content (AvgIpc) is 3.22. The molecule has 5 aromatic rings. The molecule has 0 unspecified atom stereocenters.